The smallest absolute Gasteiger partial charge is 0.126 e. The van der Waals surface area contributed by atoms with Gasteiger partial charge < -0.3 is 5.32 Å². The fourth-order valence-electron chi connectivity index (χ4n) is 3.07. The fraction of sp³-hybridized carbons (Fsp3) is 0.389. The van der Waals surface area contributed by atoms with E-state index >= 15 is 0 Å². The average Bonchev–Trinajstić information content (AvgIpc) is 2.48. The van der Waals surface area contributed by atoms with Gasteiger partial charge in [0.05, 0.1) is 0 Å². The minimum absolute atomic E-state index is 0.190. The van der Waals surface area contributed by atoms with Gasteiger partial charge in [0.25, 0.3) is 0 Å². The van der Waals surface area contributed by atoms with Crippen LogP contribution in [0.5, 0.6) is 0 Å². The van der Waals surface area contributed by atoms with Gasteiger partial charge in [0.2, 0.25) is 0 Å². The summed E-state index contributed by atoms with van der Waals surface area (Å²) in [6.07, 6.45) is 7.10. The Hall–Kier alpha value is -1.90. The van der Waals surface area contributed by atoms with Gasteiger partial charge in [-0.1, -0.05) is 25.0 Å². The first-order valence-electron chi connectivity index (χ1n) is 7.74. The van der Waals surface area contributed by atoms with E-state index in [1.165, 1.54) is 54.6 Å². The minimum atomic E-state index is -0.190. The summed E-state index contributed by atoms with van der Waals surface area (Å²) in [6.45, 7) is 0. The lowest BCUT2D eigenvalue weighted by Gasteiger charge is -2.19. The zero-order valence-corrected chi connectivity index (χ0v) is 12.5. The van der Waals surface area contributed by atoms with Gasteiger partial charge in [-0.15, -0.1) is 0 Å². The molecule has 1 aliphatic rings. The lowest BCUT2D eigenvalue weighted by molar-refractivity contribution is 0.609. The Morgan fingerprint density at radius 1 is 1.00 bits per heavy atom. The van der Waals surface area contributed by atoms with E-state index in [9.17, 15) is 4.39 Å². The Labute approximate surface area is 125 Å². The van der Waals surface area contributed by atoms with Crippen LogP contribution in [0.25, 0.3) is 11.1 Å². The molecule has 0 bridgehead atoms. The van der Waals surface area contributed by atoms with E-state index in [4.69, 9.17) is 4.98 Å². The van der Waals surface area contributed by atoms with Gasteiger partial charge in [0, 0.05) is 12.7 Å². The molecule has 0 atom stereocenters. The third kappa shape index (κ3) is 3.07. The Morgan fingerprint density at radius 3 is 2.43 bits per heavy atom. The maximum Gasteiger partial charge on any atom is 0.126 e. The first kappa shape index (κ1) is 14.1. The number of pyridine rings is 1. The van der Waals surface area contributed by atoms with Crippen molar-refractivity contribution in [3.63, 3.8) is 0 Å². The largest absolute Gasteiger partial charge is 0.373 e. The van der Waals surface area contributed by atoms with E-state index < -0.39 is 0 Å². The normalized spacial score (nSPS) is 15.0. The molecule has 2 aromatic rings. The van der Waals surface area contributed by atoms with Crippen molar-refractivity contribution in [2.45, 2.75) is 38.5 Å². The summed E-state index contributed by atoms with van der Waals surface area (Å²) in [4.78, 5) is 4.75. The third-order valence-electron chi connectivity index (χ3n) is 4.21. The summed E-state index contributed by atoms with van der Waals surface area (Å²) in [6, 6.07) is 8.88. The number of hydrogen-bond donors (Lipinski definition) is 1. The average molecular weight is 284 g/mol. The van der Waals surface area contributed by atoms with Crippen molar-refractivity contribution in [2.24, 2.45) is 0 Å². The van der Waals surface area contributed by atoms with E-state index in [2.05, 4.69) is 11.4 Å². The zero-order valence-electron chi connectivity index (χ0n) is 12.5. The third-order valence-corrected chi connectivity index (χ3v) is 4.21. The number of fused-ring (bicyclic) bond motifs is 1. The molecule has 0 saturated carbocycles. The predicted octanol–water partition coefficient (Wildman–Crippen LogP) is 4.59. The number of halogens is 1. The molecule has 0 radical (unpaired) electrons. The molecular weight excluding hydrogens is 263 g/mol. The Bertz CT molecular complexity index is 620. The van der Waals surface area contributed by atoms with Crippen molar-refractivity contribution in [1.82, 2.24) is 4.98 Å². The molecule has 1 aromatic carbocycles. The van der Waals surface area contributed by atoms with Gasteiger partial charge in [-0.2, -0.15) is 0 Å². The SMILES string of the molecule is CNc1cc(-c2ccc(F)cc2)c2c(n1)CCCCCC2. The van der Waals surface area contributed by atoms with Gasteiger partial charge in [0.1, 0.15) is 11.6 Å². The lowest BCUT2D eigenvalue weighted by atomic mass is 9.90. The van der Waals surface area contributed by atoms with Crippen LogP contribution in [0.2, 0.25) is 0 Å². The first-order valence-corrected chi connectivity index (χ1v) is 7.74. The van der Waals surface area contributed by atoms with E-state index in [1.54, 1.807) is 0 Å². The quantitative estimate of drug-likeness (QED) is 0.872. The van der Waals surface area contributed by atoms with E-state index in [1.807, 2.05) is 19.2 Å². The summed E-state index contributed by atoms with van der Waals surface area (Å²) >= 11 is 0. The number of anilines is 1. The number of hydrogen-bond acceptors (Lipinski definition) is 2. The van der Waals surface area contributed by atoms with Crippen LogP contribution in [0.4, 0.5) is 10.2 Å². The monoisotopic (exact) mass is 284 g/mol. The van der Waals surface area contributed by atoms with Gasteiger partial charge >= 0.3 is 0 Å². The van der Waals surface area contributed by atoms with E-state index in [0.29, 0.717) is 0 Å². The highest BCUT2D eigenvalue weighted by Crippen LogP contribution is 2.31. The molecule has 0 fully saturated rings. The van der Waals surface area contributed by atoms with Crippen molar-refractivity contribution >= 4 is 5.82 Å². The Kier molecular flexibility index (Phi) is 4.18. The van der Waals surface area contributed by atoms with Crippen molar-refractivity contribution in [1.29, 1.82) is 0 Å². The molecule has 1 heterocycles. The number of nitrogens with zero attached hydrogens (tertiary/aromatic N) is 1. The fourth-order valence-corrected chi connectivity index (χ4v) is 3.07. The van der Waals surface area contributed by atoms with Gasteiger partial charge in [-0.25, -0.2) is 9.37 Å². The maximum absolute atomic E-state index is 13.2. The molecule has 0 unspecified atom stereocenters. The molecule has 1 aliphatic carbocycles. The van der Waals surface area contributed by atoms with Crippen LogP contribution < -0.4 is 5.32 Å². The van der Waals surface area contributed by atoms with Crippen LogP contribution >= 0.6 is 0 Å². The van der Waals surface area contributed by atoms with Crippen molar-refractivity contribution in [2.75, 3.05) is 12.4 Å². The number of benzene rings is 1. The summed E-state index contributed by atoms with van der Waals surface area (Å²) in [5.74, 6) is 0.707. The number of rotatable bonds is 2. The molecule has 110 valence electrons. The summed E-state index contributed by atoms with van der Waals surface area (Å²) in [5, 5.41) is 3.15. The highest BCUT2D eigenvalue weighted by molar-refractivity contribution is 5.71. The van der Waals surface area contributed by atoms with E-state index in [-0.39, 0.29) is 5.82 Å². The Balaban J connectivity index is 2.12. The second kappa shape index (κ2) is 6.25. The minimum Gasteiger partial charge on any atom is -0.373 e. The van der Waals surface area contributed by atoms with Gasteiger partial charge in [0.15, 0.2) is 0 Å². The molecule has 21 heavy (non-hydrogen) atoms. The molecule has 1 N–H and O–H groups in total. The van der Waals surface area contributed by atoms with Crippen LogP contribution in [-0.2, 0) is 12.8 Å². The molecular formula is C18H21FN2. The topological polar surface area (TPSA) is 24.9 Å². The second-order valence-corrected chi connectivity index (χ2v) is 5.65. The van der Waals surface area contributed by atoms with Crippen LogP contribution in [0.3, 0.4) is 0 Å². The standard InChI is InChI=1S/C18H21FN2/c1-20-18-12-16(13-8-10-14(19)11-9-13)15-6-4-2-3-5-7-17(15)21-18/h8-12H,2-7H2,1H3,(H,20,21). The lowest BCUT2D eigenvalue weighted by Crippen LogP contribution is -2.07. The maximum atomic E-state index is 13.2. The molecule has 0 spiro atoms. The molecule has 0 aliphatic heterocycles. The molecule has 3 heteroatoms. The number of aryl methyl sites for hydroxylation is 1. The molecule has 1 aromatic heterocycles. The Morgan fingerprint density at radius 2 is 1.71 bits per heavy atom. The summed E-state index contributed by atoms with van der Waals surface area (Å²) in [7, 11) is 1.89. The molecule has 2 nitrogen and oxygen atoms in total. The van der Waals surface area contributed by atoms with E-state index in [0.717, 1.165) is 24.2 Å². The first-order chi connectivity index (χ1) is 10.3. The van der Waals surface area contributed by atoms with Crippen LogP contribution in [-0.4, -0.2) is 12.0 Å². The summed E-state index contributed by atoms with van der Waals surface area (Å²) < 4.78 is 13.2. The van der Waals surface area contributed by atoms with Crippen molar-refractivity contribution in [3.05, 3.63) is 47.4 Å². The van der Waals surface area contributed by atoms with Gasteiger partial charge in [-0.05, 0) is 60.6 Å². The predicted molar refractivity (Wildman–Crippen MR) is 85.1 cm³/mol. The zero-order chi connectivity index (χ0) is 14.7. The number of nitrogens with one attached hydrogen (secondary N) is 1. The second-order valence-electron chi connectivity index (χ2n) is 5.65. The summed E-state index contributed by atoms with van der Waals surface area (Å²) in [5.41, 5.74) is 4.83. The molecule has 0 amide bonds. The van der Waals surface area contributed by atoms with Gasteiger partial charge in [-0.3, -0.25) is 0 Å². The molecule has 3 rings (SSSR count). The van der Waals surface area contributed by atoms with Crippen LogP contribution in [0.15, 0.2) is 30.3 Å². The number of aromatic nitrogens is 1. The molecule has 0 saturated heterocycles. The van der Waals surface area contributed by atoms with Crippen molar-refractivity contribution in [3.8, 4) is 11.1 Å². The highest BCUT2D eigenvalue weighted by Gasteiger charge is 2.15. The van der Waals surface area contributed by atoms with Crippen LogP contribution in [0.1, 0.15) is 36.9 Å². The van der Waals surface area contributed by atoms with Crippen molar-refractivity contribution < 1.29 is 4.39 Å². The highest BCUT2D eigenvalue weighted by atomic mass is 19.1. The van der Waals surface area contributed by atoms with Crippen LogP contribution in [0, 0.1) is 5.82 Å².